The van der Waals surface area contributed by atoms with Crippen LogP contribution < -0.4 is 5.32 Å². The molecule has 1 amide bonds. The predicted molar refractivity (Wildman–Crippen MR) is 123 cm³/mol. The van der Waals surface area contributed by atoms with Crippen molar-refractivity contribution in [3.8, 4) is 17.1 Å². The molecular weight excluding hydrogens is 444 g/mol. The number of nitrogens with zero attached hydrogens (tertiary/aromatic N) is 3. The first-order valence-electron chi connectivity index (χ1n) is 10.6. The van der Waals surface area contributed by atoms with E-state index in [0.717, 1.165) is 16.8 Å². The number of hydrogen-bond acceptors (Lipinski definition) is 7. The monoisotopic (exact) mass is 470 g/mol. The fraction of sp³-hybridized carbons (Fsp3) is 0.348. The molecule has 4 rings (SSSR count). The molecule has 0 aliphatic carbocycles. The van der Waals surface area contributed by atoms with E-state index >= 15 is 0 Å². The number of amides is 1. The lowest BCUT2D eigenvalue weighted by Crippen LogP contribution is -2.62. The summed E-state index contributed by atoms with van der Waals surface area (Å²) in [5.74, 6) is 0.118. The zero-order valence-corrected chi connectivity index (χ0v) is 19.0. The molecule has 0 radical (unpaired) electrons. The van der Waals surface area contributed by atoms with Crippen LogP contribution in [-0.2, 0) is 9.53 Å². The van der Waals surface area contributed by atoms with Crippen LogP contribution in [0.4, 0.5) is 0 Å². The van der Waals surface area contributed by atoms with Gasteiger partial charge in [-0.05, 0) is 31.3 Å². The average Bonchev–Trinajstić information content (AvgIpc) is 3.15. The van der Waals surface area contributed by atoms with Crippen LogP contribution in [0, 0.1) is 11.7 Å². The van der Waals surface area contributed by atoms with Crippen LogP contribution in [-0.4, -0.2) is 66.5 Å². The van der Waals surface area contributed by atoms with Gasteiger partial charge in [0.2, 0.25) is 10.7 Å². The number of hydrogen-bond donors (Lipinski definition) is 4. The Hall–Kier alpha value is -2.89. The molecule has 2 aromatic carbocycles. The van der Waals surface area contributed by atoms with E-state index < -0.39 is 43.1 Å². The molecule has 2 heterocycles. The highest BCUT2D eigenvalue weighted by molar-refractivity contribution is 7.71. The summed E-state index contributed by atoms with van der Waals surface area (Å²) in [6.07, 6.45) is -4.95. The summed E-state index contributed by atoms with van der Waals surface area (Å²) in [6.45, 7) is 2.76. The van der Waals surface area contributed by atoms with Crippen molar-refractivity contribution in [2.24, 2.45) is 0 Å². The molecule has 9 nitrogen and oxygen atoms in total. The number of ether oxygens (including phenoxy) is 1. The Morgan fingerprint density at radius 3 is 2.39 bits per heavy atom. The first-order chi connectivity index (χ1) is 15.8. The van der Waals surface area contributed by atoms with Crippen molar-refractivity contribution in [2.45, 2.75) is 44.4 Å². The van der Waals surface area contributed by atoms with Gasteiger partial charge in [-0.15, -0.1) is 5.10 Å². The van der Waals surface area contributed by atoms with Crippen LogP contribution >= 0.6 is 12.2 Å². The van der Waals surface area contributed by atoms with Gasteiger partial charge in [0.1, 0.15) is 24.4 Å². The molecule has 1 fully saturated rings. The summed E-state index contributed by atoms with van der Waals surface area (Å²) >= 11 is 5.78. The van der Waals surface area contributed by atoms with Gasteiger partial charge in [0.25, 0.3) is 0 Å². The topological polar surface area (TPSA) is 122 Å². The van der Waals surface area contributed by atoms with Crippen molar-refractivity contribution in [3.05, 3.63) is 64.9 Å². The third-order valence-corrected chi connectivity index (χ3v) is 6.01. The minimum atomic E-state index is -1.41. The molecule has 0 spiro atoms. The number of aryl methyl sites for hydroxylation is 1. The third-order valence-electron chi connectivity index (χ3n) is 5.64. The molecule has 10 heteroatoms. The number of carbonyl (C=O) groups excluding carboxylic acids is 1. The fourth-order valence-electron chi connectivity index (χ4n) is 3.95. The third kappa shape index (κ3) is 4.48. The second-order valence-corrected chi connectivity index (χ2v) is 8.41. The lowest BCUT2D eigenvalue weighted by molar-refractivity contribution is -0.219. The molecule has 174 valence electrons. The zero-order valence-electron chi connectivity index (χ0n) is 18.2. The van der Waals surface area contributed by atoms with E-state index in [1.807, 2.05) is 61.5 Å². The summed E-state index contributed by atoms with van der Waals surface area (Å²) in [5, 5.41) is 38.1. The van der Waals surface area contributed by atoms with E-state index in [4.69, 9.17) is 22.1 Å². The van der Waals surface area contributed by atoms with Crippen molar-refractivity contribution >= 4 is 18.1 Å². The molecule has 1 aliphatic heterocycles. The maximum atomic E-state index is 11.9. The molecule has 0 bridgehead atoms. The van der Waals surface area contributed by atoms with Crippen LogP contribution in [0.25, 0.3) is 17.1 Å². The molecule has 0 unspecified atom stereocenters. The maximum Gasteiger partial charge on any atom is 0.217 e. The Labute approximate surface area is 195 Å². The fourth-order valence-corrected chi connectivity index (χ4v) is 4.28. The van der Waals surface area contributed by atoms with Gasteiger partial charge in [0, 0.05) is 18.2 Å². The van der Waals surface area contributed by atoms with Crippen molar-refractivity contribution < 1.29 is 24.9 Å². The SMILES string of the molecule is CC(=O)N[C@@H]1[C@H](O)[C@H](O)[C@@H](CO)O[C@@H]1n1nc(-c2ccc(C)cc2)n(-c2ccccc2)c1=S. The summed E-state index contributed by atoms with van der Waals surface area (Å²) in [5.41, 5.74) is 2.67. The Morgan fingerprint density at radius 2 is 1.79 bits per heavy atom. The second-order valence-electron chi connectivity index (χ2n) is 8.04. The van der Waals surface area contributed by atoms with Crippen molar-refractivity contribution in [2.75, 3.05) is 6.61 Å². The molecule has 5 atom stereocenters. The molecule has 1 aromatic heterocycles. The lowest BCUT2D eigenvalue weighted by atomic mass is 9.96. The lowest BCUT2D eigenvalue weighted by Gasteiger charge is -2.42. The average molecular weight is 471 g/mol. The van der Waals surface area contributed by atoms with E-state index in [2.05, 4.69) is 5.32 Å². The molecular formula is C23H26N4O5S. The Bertz CT molecular complexity index is 1180. The second kappa shape index (κ2) is 9.54. The van der Waals surface area contributed by atoms with Gasteiger partial charge in [0.05, 0.1) is 6.61 Å². The summed E-state index contributed by atoms with van der Waals surface area (Å²) in [4.78, 5) is 11.9. The Balaban J connectivity index is 1.90. The number of aliphatic hydroxyl groups excluding tert-OH is 3. The van der Waals surface area contributed by atoms with Crippen LogP contribution in [0.15, 0.2) is 54.6 Å². The molecule has 1 saturated heterocycles. The van der Waals surface area contributed by atoms with Crippen molar-refractivity contribution in [1.82, 2.24) is 19.7 Å². The molecule has 33 heavy (non-hydrogen) atoms. The van der Waals surface area contributed by atoms with E-state index in [1.54, 1.807) is 4.57 Å². The number of aliphatic hydroxyl groups is 3. The van der Waals surface area contributed by atoms with E-state index in [0.29, 0.717) is 5.82 Å². The van der Waals surface area contributed by atoms with E-state index in [9.17, 15) is 20.1 Å². The normalized spacial score (nSPS) is 25.1. The van der Waals surface area contributed by atoms with Gasteiger partial charge in [-0.1, -0.05) is 48.0 Å². The molecule has 4 N–H and O–H groups in total. The number of aromatic nitrogens is 3. The van der Waals surface area contributed by atoms with Gasteiger partial charge in [-0.2, -0.15) is 0 Å². The molecule has 1 aliphatic rings. The van der Waals surface area contributed by atoms with Crippen LogP contribution in [0.2, 0.25) is 0 Å². The van der Waals surface area contributed by atoms with Crippen molar-refractivity contribution in [3.63, 3.8) is 0 Å². The minimum Gasteiger partial charge on any atom is -0.394 e. The van der Waals surface area contributed by atoms with Crippen molar-refractivity contribution in [1.29, 1.82) is 0 Å². The number of nitrogens with one attached hydrogen (secondary N) is 1. The van der Waals surface area contributed by atoms with Gasteiger partial charge < -0.3 is 25.4 Å². The summed E-state index contributed by atoms with van der Waals surface area (Å²) in [6, 6.07) is 16.2. The van der Waals surface area contributed by atoms with E-state index in [1.165, 1.54) is 11.6 Å². The van der Waals surface area contributed by atoms with Gasteiger partial charge in [-0.25, -0.2) is 4.68 Å². The van der Waals surface area contributed by atoms with Gasteiger partial charge >= 0.3 is 0 Å². The standard InChI is InChI=1S/C23H26N4O5S/c1-13-8-10-15(11-9-13)21-25-27(23(33)26(21)16-6-4-3-5-7-16)22-18(24-14(2)29)20(31)19(30)17(12-28)32-22/h3-11,17-20,22,28,30-31H,12H2,1-2H3,(H,24,29)/t17-,18-,19-,20+,22+/m1/s1. The van der Waals surface area contributed by atoms with Crippen LogP contribution in [0.3, 0.4) is 0 Å². The zero-order chi connectivity index (χ0) is 23.7. The molecule has 0 saturated carbocycles. The maximum absolute atomic E-state index is 11.9. The van der Waals surface area contributed by atoms with E-state index in [-0.39, 0.29) is 4.77 Å². The first kappa shape index (κ1) is 23.3. The minimum absolute atomic E-state index is 0.261. The highest BCUT2D eigenvalue weighted by Gasteiger charge is 2.46. The first-order valence-corrected chi connectivity index (χ1v) is 11.0. The number of rotatable bonds is 5. The molecule has 3 aromatic rings. The Kier molecular flexibility index (Phi) is 6.73. The number of para-hydroxylation sites is 1. The predicted octanol–water partition coefficient (Wildman–Crippen LogP) is 1.49. The summed E-state index contributed by atoms with van der Waals surface area (Å²) in [7, 11) is 0. The van der Waals surface area contributed by atoms with Crippen LogP contribution in [0.1, 0.15) is 18.7 Å². The summed E-state index contributed by atoms with van der Waals surface area (Å²) < 4.78 is 9.34. The quantitative estimate of drug-likeness (QED) is 0.417. The highest BCUT2D eigenvalue weighted by atomic mass is 32.1. The Morgan fingerprint density at radius 1 is 1.12 bits per heavy atom. The van der Waals surface area contributed by atoms with Gasteiger partial charge in [0.15, 0.2) is 12.1 Å². The number of carbonyl (C=O) groups is 1. The largest absolute Gasteiger partial charge is 0.394 e. The van der Waals surface area contributed by atoms with Crippen LogP contribution in [0.5, 0.6) is 0 Å². The van der Waals surface area contributed by atoms with Gasteiger partial charge in [-0.3, -0.25) is 9.36 Å². The smallest absolute Gasteiger partial charge is 0.217 e. The number of benzene rings is 2. The highest BCUT2D eigenvalue weighted by Crippen LogP contribution is 2.31.